The SMILES string of the molecule is CC(/C=C/CB1OC(=O)CN(C)CC(=O)O1)Cc1ccc(C(C)(C)C)cc1. The minimum atomic E-state index is -0.840. The maximum atomic E-state index is 11.7. The summed E-state index contributed by atoms with van der Waals surface area (Å²) >= 11 is 0. The van der Waals surface area contributed by atoms with Gasteiger partial charge in [-0.2, -0.15) is 0 Å². The first-order valence-electron chi connectivity index (χ1n) is 9.47. The number of carbonyl (C=O) groups excluding carboxylic acids is 2. The highest BCUT2D eigenvalue weighted by Crippen LogP contribution is 2.23. The normalized spacial score (nSPS) is 18.0. The smallest absolute Gasteiger partial charge is 0.498 e. The fraction of sp³-hybridized carbons (Fsp3) is 0.524. The van der Waals surface area contributed by atoms with Crippen molar-refractivity contribution in [3.05, 3.63) is 47.5 Å². The number of allylic oxidation sites excluding steroid dienone is 2. The van der Waals surface area contributed by atoms with Gasteiger partial charge in [-0.05, 0) is 35.9 Å². The zero-order valence-electron chi connectivity index (χ0n) is 17.0. The highest BCUT2D eigenvalue weighted by molar-refractivity contribution is 6.49. The largest absolute Gasteiger partial charge is 0.602 e. The lowest BCUT2D eigenvalue weighted by atomic mass is 9.83. The second-order valence-electron chi connectivity index (χ2n) is 8.37. The lowest BCUT2D eigenvalue weighted by Crippen LogP contribution is -2.42. The molecule has 1 unspecified atom stereocenters. The molecule has 1 atom stereocenters. The molecule has 1 aliphatic heterocycles. The Morgan fingerprint density at radius 2 is 1.67 bits per heavy atom. The third-order valence-electron chi connectivity index (χ3n) is 4.49. The fourth-order valence-electron chi connectivity index (χ4n) is 2.99. The number of rotatable bonds is 5. The van der Waals surface area contributed by atoms with Crippen LogP contribution in [0, 0.1) is 5.92 Å². The van der Waals surface area contributed by atoms with Crippen LogP contribution in [-0.4, -0.2) is 44.1 Å². The van der Waals surface area contributed by atoms with Crippen molar-refractivity contribution in [1.29, 1.82) is 0 Å². The first-order valence-corrected chi connectivity index (χ1v) is 9.47. The van der Waals surface area contributed by atoms with Crippen LogP contribution in [0.3, 0.4) is 0 Å². The second kappa shape index (κ2) is 9.22. The fourth-order valence-corrected chi connectivity index (χ4v) is 2.99. The molecule has 0 aromatic heterocycles. The quantitative estimate of drug-likeness (QED) is 0.588. The van der Waals surface area contributed by atoms with Gasteiger partial charge in [0.2, 0.25) is 0 Å². The molecule has 1 saturated heterocycles. The molecule has 1 aromatic rings. The summed E-state index contributed by atoms with van der Waals surface area (Å²) in [6.07, 6.45) is 5.29. The summed E-state index contributed by atoms with van der Waals surface area (Å²) in [4.78, 5) is 25.0. The molecule has 27 heavy (non-hydrogen) atoms. The Morgan fingerprint density at radius 1 is 1.11 bits per heavy atom. The number of likely N-dealkylation sites (N-methyl/N-ethyl adjacent to an activating group) is 1. The van der Waals surface area contributed by atoms with Gasteiger partial charge in [-0.25, -0.2) is 0 Å². The maximum absolute atomic E-state index is 11.7. The van der Waals surface area contributed by atoms with Gasteiger partial charge >= 0.3 is 19.1 Å². The van der Waals surface area contributed by atoms with E-state index in [1.165, 1.54) is 11.1 Å². The van der Waals surface area contributed by atoms with Gasteiger partial charge in [0.05, 0.1) is 13.1 Å². The van der Waals surface area contributed by atoms with E-state index in [0.717, 1.165) is 6.42 Å². The highest BCUT2D eigenvalue weighted by Gasteiger charge is 2.30. The first-order chi connectivity index (χ1) is 12.6. The predicted molar refractivity (Wildman–Crippen MR) is 107 cm³/mol. The maximum Gasteiger partial charge on any atom is 0.602 e. The van der Waals surface area contributed by atoms with Crippen molar-refractivity contribution >= 4 is 19.1 Å². The Balaban J connectivity index is 1.86. The summed E-state index contributed by atoms with van der Waals surface area (Å²) in [6.45, 7) is 8.95. The molecule has 146 valence electrons. The Hall–Kier alpha value is -2.08. The van der Waals surface area contributed by atoms with Gasteiger partial charge in [0.25, 0.3) is 0 Å². The Morgan fingerprint density at radius 3 is 2.19 bits per heavy atom. The molecule has 1 heterocycles. The molecule has 1 aromatic carbocycles. The van der Waals surface area contributed by atoms with Gasteiger partial charge in [-0.3, -0.25) is 14.5 Å². The van der Waals surface area contributed by atoms with Crippen LogP contribution in [0.2, 0.25) is 6.32 Å². The van der Waals surface area contributed by atoms with Crippen molar-refractivity contribution in [3.8, 4) is 0 Å². The van der Waals surface area contributed by atoms with Crippen LogP contribution in [-0.2, 0) is 30.7 Å². The van der Waals surface area contributed by atoms with Crippen molar-refractivity contribution in [3.63, 3.8) is 0 Å². The van der Waals surface area contributed by atoms with Crippen LogP contribution in [0.15, 0.2) is 36.4 Å². The molecular weight excluding hydrogens is 341 g/mol. The van der Waals surface area contributed by atoms with Gasteiger partial charge < -0.3 is 9.31 Å². The Kier molecular flexibility index (Phi) is 7.25. The summed E-state index contributed by atoms with van der Waals surface area (Å²) < 4.78 is 10.4. The van der Waals surface area contributed by atoms with Crippen molar-refractivity contribution in [2.75, 3.05) is 20.1 Å². The Bertz CT molecular complexity index is 658. The highest BCUT2D eigenvalue weighted by atomic mass is 16.6. The number of benzene rings is 1. The standard InChI is InChI=1S/C21H30BNO4/c1-16(13-17-8-10-18(11-9-17)21(2,3)4)7-6-12-22-26-19(24)14-23(5)15-20(25)27-22/h6-11,16H,12-15H2,1-5H3/b7-6+. The zero-order valence-corrected chi connectivity index (χ0v) is 17.0. The van der Waals surface area contributed by atoms with E-state index in [0.29, 0.717) is 12.2 Å². The van der Waals surface area contributed by atoms with Crippen molar-refractivity contribution in [2.24, 2.45) is 5.92 Å². The van der Waals surface area contributed by atoms with E-state index in [1.807, 2.05) is 6.08 Å². The predicted octanol–water partition coefficient (Wildman–Crippen LogP) is 3.24. The molecule has 1 fully saturated rings. The molecule has 5 nitrogen and oxygen atoms in total. The number of hydrogen-bond acceptors (Lipinski definition) is 5. The third kappa shape index (κ3) is 7.22. The van der Waals surface area contributed by atoms with Crippen LogP contribution < -0.4 is 0 Å². The number of carbonyl (C=O) groups is 2. The van der Waals surface area contributed by atoms with Crippen molar-refractivity contribution < 1.29 is 18.9 Å². The second-order valence-corrected chi connectivity index (χ2v) is 8.37. The van der Waals surface area contributed by atoms with Gasteiger partial charge in [0, 0.05) is 6.32 Å². The van der Waals surface area contributed by atoms with Crippen LogP contribution in [0.5, 0.6) is 0 Å². The molecule has 0 N–H and O–H groups in total. The zero-order chi connectivity index (χ0) is 20.0. The molecular formula is C21H30BNO4. The summed E-state index contributed by atoms with van der Waals surface area (Å²) in [7, 11) is 0.839. The summed E-state index contributed by atoms with van der Waals surface area (Å²) in [5, 5.41) is 0. The average molecular weight is 371 g/mol. The van der Waals surface area contributed by atoms with E-state index in [1.54, 1.807) is 11.9 Å². The van der Waals surface area contributed by atoms with Crippen LogP contribution in [0.1, 0.15) is 38.8 Å². The van der Waals surface area contributed by atoms with Crippen LogP contribution in [0.25, 0.3) is 0 Å². The average Bonchev–Trinajstić information content (AvgIpc) is 2.52. The lowest BCUT2D eigenvalue weighted by Gasteiger charge is -2.22. The van der Waals surface area contributed by atoms with Crippen molar-refractivity contribution in [2.45, 2.75) is 45.9 Å². The summed E-state index contributed by atoms with van der Waals surface area (Å²) in [6, 6.07) is 8.74. The van der Waals surface area contributed by atoms with Crippen molar-refractivity contribution in [1.82, 2.24) is 4.90 Å². The van der Waals surface area contributed by atoms with Gasteiger partial charge in [0.15, 0.2) is 0 Å². The monoisotopic (exact) mass is 371 g/mol. The summed E-state index contributed by atoms with van der Waals surface area (Å²) in [5.74, 6) is -0.428. The van der Waals surface area contributed by atoms with E-state index in [2.05, 4.69) is 58.0 Å². The third-order valence-corrected chi connectivity index (χ3v) is 4.49. The van der Waals surface area contributed by atoms with E-state index >= 15 is 0 Å². The molecule has 0 amide bonds. The topological polar surface area (TPSA) is 55.8 Å². The minimum Gasteiger partial charge on any atom is -0.498 e. The molecule has 1 aliphatic rings. The summed E-state index contributed by atoms with van der Waals surface area (Å²) in [5.41, 5.74) is 2.77. The molecule has 0 radical (unpaired) electrons. The number of hydrogen-bond donors (Lipinski definition) is 0. The first kappa shape index (κ1) is 21.2. The lowest BCUT2D eigenvalue weighted by molar-refractivity contribution is -0.145. The van der Waals surface area contributed by atoms with E-state index in [4.69, 9.17) is 9.31 Å². The van der Waals surface area contributed by atoms with Gasteiger partial charge in [-0.1, -0.05) is 64.1 Å². The van der Waals surface area contributed by atoms with Gasteiger partial charge in [-0.15, -0.1) is 0 Å². The van der Waals surface area contributed by atoms with Crippen LogP contribution in [0.4, 0.5) is 0 Å². The van der Waals surface area contributed by atoms with E-state index in [9.17, 15) is 9.59 Å². The van der Waals surface area contributed by atoms with E-state index < -0.39 is 7.12 Å². The van der Waals surface area contributed by atoms with E-state index in [-0.39, 0.29) is 30.4 Å². The number of nitrogens with zero attached hydrogens (tertiary/aromatic N) is 1. The molecule has 6 heteroatoms. The molecule has 0 bridgehead atoms. The molecule has 2 rings (SSSR count). The Labute approximate surface area is 162 Å². The van der Waals surface area contributed by atoms with Gasteiger partial charge in [0.1, 0.15) is 0 Å². The van der Waals surface area contributed by atoms with Crippen LogP contribution >= 0.6 is 0 Å². The molecule has 0 aliphatic carbocycles. The molecule has 0 saturated carbocycles. The minimum absolute atomic E-state index is 0.0935. The molecule has 0 spiro atoms.